The fourth-order valence-electron chi connectivity index (χ4n) is 4.02. The molecule has 0 aliphatic rings. The number of nitrogens with zero attached hydrogens (tertiary/aromatic N) is 2. The molecule has 0 atom stereocenters. The first-order valence-electron chi connectivity index (χ1n) is 11.4. The van der Waals surface area contributed by atoms with Crippen LogP contribution < -0.4 is 15.6 Å². The summed E-state index contributed by atoms with van der Waals surface area (Å²) >= 11 is 0.771. The molecule has 0 saturated carbocycles. The number of carbonyl (C=O) groups excluding carboxylic acids is 1. The summed E-state index contributed by atoms with van der Waals surface area (Å²) in [5.74, 6) is -1.74. The minimum absolute atomic E-state index is 0.00833. The van der Waals surface area contributed by atoms with Gasteiger partial charge in [0.25, 0.3) is 5.56 Å². The lowest BCUT2D eigenvalue weighted by molar-refractivity contribution is -0.274. The maximum atomic E-state index is 13.6. The topological polar surface area (TPSA) is 89.0 Å². The zero-order valence-corrected chi connectivity index (χ0v) is 20.7. The van der Waals surface area contributed by atoms with Gasteiger partial charge in [-0.15, -0.1) is 13.2 Å². The summed E-state index contributed by atoms with van der Waals surface area (Å²) in [5, 5.41) is 2.83. The van der Waals surface area contributed by atoms with E-state index in [9.17, 15) is 35.9 Å². The summed E-state index contributed by atoms with van der Waals surface area (Å²) in [6.07, 6.45) is -9.61. The van der Waals surface area contributed by atoms with Gasteiger partial charge in [-0.2, -0.15) is 13.2 Å². The first kappa shape index (κ1) is 27.1. The van der Waals surface area contributed by atoms with Gasteiger partial charge < -0.3 is 15.0 Å². The van der Waals surface area contributed by atoms with E-state index in [0.29, 0.717) is 16.4 Å². The van der Waals surface area contributed by atoms with E-state index in [2.05, 4.69) is 20.0 Å². The van der Waals surface area contributed by atoms with Crippen LogP contribution in [0.1, 0.15) is 5.56 Å². The monoisotopic (exact) mass is 578 g/mol. The van der Waals surface area contributed by atoms with Gasteiger partial charge in [0.05, 0.1) is 22.7 Å². The standard InChI is InChI=1S/C26H16F6N4O3S/c27-25(28,29)17-6-2-4-8-19(17)33-20(37)13-40-24-35-21-16-5-1-3-7-18(16)34-22(21)23(38)36(24)14-9-11-15(12-10-14)39-26(30,31)32/h1-12,34H,13H2,(H,33,37). The van der Waals surface area contributed by atoms with Crippen molar-refractivity contribution in [3.05, 3.63) is 88.7 Å². The third-order valence-electron chi connectivity index (χ3n) is 5.66. The number of hydrogen-bond acceptors (Lipinski definition) is 5. The minimum Gasteiger partial charge on any atom is -0.406 e. The first-order chi connectivity index (χ1) is 18.9. The number of halogens is 6. The summed E-state index contributed by atoms with van der Waals surface area (Å²) < 4.78 is 82.7. The molecular formula is C26H16F6N4O3S. The third kappa shape index (κ3) is 5.61. The van der Waals surface area contributed by atoms with Crippen molar-refractivity contribution in [1.29, 1.82) is 0 Å². The number of amides is 1. The van der Waals surface area contributed by atoms with Gasteiger partial charge in [-0.3, -0.25) is 14.2 Å². The number of benzene rings is 3. The van der Waals surface area contributed by atoms with Gasteiger partial charge in [-0.25, -0.2) is 4.98 Å². The number of fused-ring (bicyclic) bond motifs is 3. The number of aromatic amines is 1. The summed E-state index contributed by atoms with van der Waals surface area (Å²) in [5.41, 5.74) is -0.924. The van der Waals surface area contributed by atoms with Crippen LogP contribution in [0.4, 0.5) is 32.0 Å². The van der Waals surface area contributed by atoms with Crippen LogP contribution in [0.5, 0.6) is 5.75 Å². The Labute approximate surface area is 224 Å². The second-order valence-electron chi connectivity index (χ2n) is 8.35. The lowest BCUT2D eigenvalue weighted by atomic mass is 10.1. The van der Waals surface area contributed by atoms with E-state index in [4.69, 9.17) is 0 Å². The molecule has 0 bridgehead atoms. The molecule has 5 rings (SSSR count). The van der Waals surface area contributed by atoms with E-state index < -0.39 is 46.8 Å². The molecule has 0 unspecified atom stereocenters. The lowest BCUT2D eigenvalue weighted by Gasteiger charge is -2.15. The molecule has 2 N–H and O–H groups in total. The first-order valence-corrected chi connectivity index (χ1v) is 12.4. The third-order valence-corrected chi connectivity index (χ3v) is 6.60. The summed E-state index contributed by atoms with van der Waals surface area (Å²) in [4.78, 5) is 33.7. The van der Waals surface area contributed by atoms with Crippen LogP contribution in [0.2, 0.25) is 0 Å². The normalized spacial score (nSPS) is 12.2. The second kappa shape index (κ2) is 10.3. The average Bonchev–Trinajstić information content (AvgIpc) is 3.26. The van der Waals surface area contributed by atoms with Crippen molar-refractivity contribution in [3.63, 3.8) is 0 Å². The summed E-state index contributed by atoms with van der Waals surface area (Å²) in [7, 11) is 0. The predicted octanol–water partition coefficient (Wildman–Crippen LogP) is 6.52. The lowest BCUT2D eigenvalue weighted by Crippen LogP contribution is -2.23. The number of carbonyl (C=O) groups is 1. The number of hydrogen-bond donors (Lipinski definition) is 2. The Morgan fingerprint density at radius 3 is 2.33 bits per heavy atom. The Hall–Kier alpha value is -4.46. The molecule has 206 valence electrons. The molecule has 0 aliphatic carbocycles. The zero-order valence-electron chi connectivity index (χ0n) is 19.9. The Morgan fingerprint density at radius 2 is 1.62 bits per heavy atom. The molecule has 0 aliphatic heterocycles. The molecular weight excluding hydrogens is 562 g/mol. The van der Waals surface area contributed by atoms with E-state index in [1.54, 1.807) is 24.3 Å². The quantitative estimate of drug-likeness (QED) is 0.136. The van der Waals surface area contributed by atoms with Crippen molar-refractivity contribution in [3.8, 4) is 11.4 Å². The summed E-state index contributed by atoms with van der Waals surface area (Å²) in [6.45, 7) is 0. The predicted molar refractivity (Wildman–Crippen MR) is 137 cm³/mol. The number of anilines is 1. The molecule has 2 aromatic heterocycles. The number of thioether (sulfide) groups is 1. The van der Waals surface area contributed by atoms with Crippen LogP contribution in [-0.4, -0.2) is 32.6 Å². The van der Waals surface area contributed by atoms with Gasteiger partial charge in [-0.05, 0) is 42.5 Å². The zero-order chi connectivity index (χ0) is 28.7. The maximum absolute atomic E-state index is 13.6. The number of nitrogens with one attached hydrogen (secondary N) is 2. The number of rotatable bonds is 6. The molecule has 2 heterocycles. The number of alkyl halides is 6. The highest BCUT2D eigenvalue weighted by molar-refractivity contribution is 7.99. The Morgan fingerprint density at radius 1 is 0.950 bits per heavy atom. The Bertz CT molecular complexity index is 1780. The molecule has 0 saturated heterocycles. The van der Waals surface area contributed by atoms with Crippen LogP contribution in [0.15, 0.2) is 82.7 Å². The highest BCUT2D eigenvalue weighted by Gasteiger charge is 2.34. The number of aromatic nitrogens is 3. The smallest absolute Gasteiger partial charge is 0.406 e. The van der Waals surface area contributed by atoms with Crippen molar-refractivity contribution in [2.45, 2.75) is 17.7 Å². The van der Waals surface area contributed by atoms with Crippen molar-refractivity contribution in [2.24, 2.45) is 0 Å². The second-order valence-corrected chi connectivity index (χ2v) is 9.29. The minimum atomic E-state index is -4.91. The van der Waals surface area contributed by atoms with E-state index in [-0.39, 0.29) is 16.4 Å². The molecule has 7 nitrogen and oxygen atoms in total. The van der Waals surface area contributed by atoms with E-state index in [0.717, 1.165) is 40.6 Å². The maximum Gasteiger partial charge on any atom is 0.573 e. The van der Waals surface area contributed by atoms with Crippen molar-refractivity contribution < 1.29 is 35.9 Å². The number of para-hydroxylation sites is 2. The SMILES string of the molecule is O=C(CSc1nc2c([nH]c3ccccc32)c(=O)n1-c1ccc(OC(F)(F)F)cc1)Nc1ccccc1C(F)(F)F. The molecule has 14 heteroatoms. The Kier molecular flexibility index (Phi) is 6.96. The fourth-order valence-corrected chi connectivity index (χ4v) is 4.83. The van der Waals surface area contributed by atoms with Gasteiger partial charge in [0.2, 0.25) is 5.91 Å². The van der Waals surface area contributed by atoms with E-state index in [1.807, 2.05) is 0 Å². The van der Waals surface area contributed by atoms with Crippen LogP contribution >= 0.6 is 11.8 Å². The number of ether oxygens (including phenoxy) is 1. The molecule has 5 aromatic rings. The van der Waals surface area contributed by atoms with Crippen LogP contribution in [0.3, 0.4) is 0 Å². The van der Waals surface area contributed by atoms with Crippen molar-refractivity contribution >= 4 is 45.3 Å². The van der Waals surface area contributed by atoms with Gasteiger partial charge >= 0.3 is 12.5 Å². The molecule has 3 aromatic carbocycles. The average molecular weight is 578 g/mol. The fraction of sp³-hybridized carbons (Fsp3) is 0.115. The van der Waals surface area contributed by atoms with Crippen molar-refractivity contribution in [2.75, 3.05) is 11.1 Å². The van der Waals surface area contributed by atoms with E-state index in [1.165, 1.54) is 24.3 Å². The van der Waals surface area contributed by atoms with Crippen LogP contribution in [0, 0.1) is 0 Å². The molecule has 1 amide bonds. The van der Waals surface area contributed by atoms with Gasteiger partial charge in [0, 0.05) is 10.9 Å². The van der Waals surface area contributed by atoms with Gasteiger partial charge in [0.1, 0.15) is 16.8 Å². The largest absolute Gasteiger partial charge is 0.573 e. The van der Waals surface area contributed by atoms with Crippen molar-refractivity contribution in [1.82, 2.24) is 14.5 Å². The van der Waals surface area contributed by atoms with Gasteiger partial charge in [-0.1, -0.05) is 42.1 Å². The molecule has 0 spiro atoms. The molecule has 40 heavy (non-hydrogen) atoms. The molecule has 0 fully saturated rings. The Balaban J connectivity index is 1.52. The van der Waals surface area contributed by atoms with Gasteiger partial charge in [0.15, 0.2) is 5.16 Å². The highest BCUT2D eigenvalue weighted by atomic mass is 32.2. The van der Waals surface area contributed by atoms with Crippen LogP contribution in [-0.2, 0) is 11.0 Å². The van der Waals surface area contributed by atoms with E-state index >= 15 is 0 Å². The van der Waals surface area contributed by atoms with Crippen LogP contribution in [0.25, 0.3) is 27.6 Å². The number of H-pyrrole nitrogens is 1. The summed E-state index contributed by atoms with van der Waals surface area (Å²) in [6, 6.07) is 15.9. The highest BCUT2D eigenvalue weighted by Crippen LogP contribution is 2.35. The molecule has 0 radical (unpaired) electrons.